The van der Waals surface area contributed by atoms with Crippen LogP contribution in [0, 0.1) is 0 Å². The van der Waals surface area contributed by atoms with E-state index in [4.69, 9.17) is 5.73 Å². The molecule has 0 aliphatic rings. The van der Waals surface area contributed by atoms with Crippen LogP contribution in [0.1, 0.15) is 19.5 Å². The minimum atomic E-state index is -1.45. The fourth-order valence-corrected chi connectivity index (χ4v) is 1.41. The number of carbonyl (C=O) groups is 2. The topological polar surface area (TPSA) is 105 Å². The van der Waals surface area contributed by atoms with Crippen LogP contribution < -0.4 is 11.1 Å². The Labute approximate surface area is 98.8 Å². The standard InChI is InChI=1S/C11H15N3O3/c1-7(9(12)15)14-11(2,10(16)17)8-5-3-4-6-13-8/h3-7,14H,1-2H3,(H2,12,15)(H,16,17). The van der Waals surface area contributed by atoms with Gasteiger partial charge in [0.1, 0.15) is 0 Å². The molecule has 17 heavy (non-hydrogen) atoms. The molecule has 6 heteroatoms. The second-order valence-electron chi connectivity index (χ2n) is 3.91. The SMILES string of the molecule is CC(NC(C)(C(=O)O)c1ccccn1)C(N)=O. The summed E-state index contributed by atoms with van der Waals surface area (Å²) in [6, 6.07) is 4.18. The number of rotatable bonds is 5. The van der Waals surface area contributed by atoms with Crippen LogP contribution in [0.25, 0.3) is 0 Å². The Morgan fingerprint density at radius 3 is 2.59 bits per heavy atom. The zero-order valence-electron chi connectivity index (χ0n) is 9.68. The van der Waals surface area contributed by atoms with Crippen LogP contribution in [0.4, 0.5) is 0 Å². The van der Waals surface area contributed by atoms with Crippen LogP contribution >= 0.6 is 0 Å². The second-order valence-corrected chi connectivity index (χ2v) is 3.91. The van der Waals surface area contributed by atoms with E-state index in [2.05, 4.69) is 10.3 Å². The maximum Gasteiger partial charge on any atom is 0.329 e. The molecule has 0 aromatic carbocycles. The molecule has 1 aromatic heterocycles. The van der Waals surface area contributed by atoms with Gasteiger partial charge in [-0.3, -0.25) is 15.1 Å². The summed E-state index contributed by atoms with van der Waals surface area (Å²) in [6.45, 7) is 2.95. The highest BCUT2D eigenvalue weighted by Crippen LogP contribution is 2.19. The number of aromatic nitrogens is 1. The van der Waals surface area contributed by atoms with E-state index < -0.39 is 23.5 Å². The number of carboxylic acids is 1. The highest BCUT2D eigenvalue weighted by molar-refractivity contribution is 5.83. The number of hydrogen-bond donors (Lipinski definition) is 3. The minimum Gasteiger partial charge on any atom is -0.480 e. The van der Waals surface area contributed by atoms with Crippen molar-refractivity contribution >= 4 is 11.9 Å². The Kier molecular flexibility index (Phi) is 3.80. The number of primary amides is 1. The van der Waals surface area contributed by atoms with Crippen LogP contribution in [0.5, 0.6) is 0 Å². The monoisotopic (exact) mass is 237 g/mol. The summed E-state index contributed by atoms with van der Waals surface area (Å²) < 4.78 is 0. The molecule has 1 rings (SSSR count). The van der Waals surface area contributed by atoms with Crippen molar-refractivity contribution in [3.05, 3.63) is 30.1 Å². The number of carbonyl (C=O) groups excluding carboxylic acids is 1. The van der Waals surface area contributed by atoms with Crippen LogP contribution in [0.2, 0.25) is 0 Å². The largest absolute Gasteiger partial charge is 0.480 e. The summed E-state index contributed by atoms with van der Waals surface area (Å²) in [7, 11) is 0. The number of aliphatic carboxylic acids is 1. The Bertz CT molecular complexity index is 421. The van der Waals surface area contributed by atoms with Crippen molar-refractivity contribution in [2.24, 2.45) is 5.73 Å². The maximum atomic E-state index is 11.3. The van der Waals surface area contributed by atoms with E-state index >= 15 is 0 Å². The molecule has 2 unspecified atom stereocenters. The van der Waals surface area contributed by atoms with Gasteiger partial charge in [-0.1, -0.05) is 6.07 Å². The van der Waals surface area contributed by atoms with Gasteiger partial charge in [-0.25, -0.2) is 4.79 Å². The van der Waals surface area contributed by atoms with Crippen molar-refractivity contribution < 1.29 is 14.7 Å². The van der Waals surface area contributed by atoms with Gasteiger partial charge in [0.25, 0.3) is 0 Å². The summed E-state index contributed by atoms with van der Waals surface area (Å²) in [5.41, 5.74) is 3.98. The van der Waals surface area contributed by atoms with E-state index in [1.807, 2.05) is 0 Å². The molecule has 0 spiro atoms. The van der Waals surface area contributed by atoms with Gasteiger partial charge in [0, 0.05) is 6.20 Å². The Morgan fingerprint density at radius 1 is 1.53 bits per heavy atom. The average molecular weight is 237 g/mol. The molecule has 1 heterocycles. The first-order valence-corrected chi connectivity index (χ1v) is 5.10. The lowest BCUT2D eigenvalue weighted by Gasteiger charge is -2.28. The van der Waals surface area contributed by atoms with Crippen LogP contribution in [0.15, 0.2) is 24.4 Å². The number of nitrogens with two attached hydrogens (primary N) is 1. The molecule has 0 aliphatic carbocycles. The average Bonchev–Trinajstić information content (AvgIpc) is 2.29. The van der Waals surface area contributed by atoms with Gasteiger partial charge in [0.2, 0.25) is 5.91 Å². The highest BCUT2D eigenvalue weighted by Gasteiger charge is 2.38. The zero-order chi connectivity index (χ0) is 13.1. The Morgan fingerprint density at radius 2 is 2.18 bits per heavy atom. The second kappa shape index (κ2) is 4.92. The first-order chi connectivity index (χ1) is 7.88. The normalized spacial score (nSPS) is 15.9. The lowest BCUT2D eigenvalue weighted by atomic mass is 9.96. The molecule has 0 saturated heterocycles. The third-order valence-electron chi connectivity index (χ3n) is 2.54. The third-order valence-corrected chi connectivity index (χ3v) is 2.54. The molecule has 92 valence electrons. The molecule has 4 N–H and O–H groups in total. The van der Waals surface area contributed by atoms with Gasteiger partial charge >= 0.3 is 5.97 Å². The summed E-state index contributed by atoms with van der Waals surface area (Å²) >= 11 is 0. The van der Waals surface area contributed by atoms with Crippen molar-refractivity contribution in [3.8, 4) is 0 Å². The number of amides is 1. The molecule has 6 nitrogen and oxygen atoms in total. The summed E-state index contributed by atoms with van der Waals surface area (Å²) in [4.78, 5) is 26.3. The zero-order valence-corrected chi connectivity index (χ0v) is 9.68. The van der Waals surface area contributed by atoms with Crippen molar-refractivity contribution in [1.29, 1.82) is 0 Å². The van der Waals surface area contributed by atoms with Crippen molar-refractivity contribution in [1.82, 2.24) is 10.3 Å². The van der Waals surface area contributed by atoms with Crippen LogP contribution in [-0.2, 0) is 15.1 Å². The molecule has 0 fully saturated rings. The molecule has 0 radical (unpaired) electrons. The Hall–Kier alpha value is -1.95. The number of hydrogen-bond acceptors (Lipinski definition) is 4. The van der Waals surface area contributed by atoms with Crippen LogP contribution in [0.3, 0.4) is 0 Å². The number of carboxylic acid groups (broad SMARTS) is 1. The lowest BCUT2D eigenvalue weighted by molar-refractivity contribution is -0.145. The molecule has 0 bridgehead atoms. The summed E-state index contributed by atoms with van der Waals surface area (Å²) in [6.07, 6.45) is 1.49. The quantitative estimate of drug-likeness (QED) is 0.660. The van der Waals surface area contributed by atoms with Crippen LogP contribution in [-0.4, -0.2) is 28.0 Å². The molecule has 1 amide bonds. The lowest BCUT2D eigenvalue weighted by Crippen LogP contribution is -2.54. The first kappa shape index (κ1) is 13.1. The van der Waals surface area contributed by atoms with Gasteiger partial charge in [0.05, 0.1) is 11.7 Å². The predicted octanol–water partition coefficient (Wildman–Crippen LogP) is -0.155. The van der Waals surface area contributed by atoms with E-state index in [0.29, 0.717) is 5.69 Å². The van der Waals surface area contributed by atoms with E-state index in [1.54, 1.807) is 18.2 Å². The first-order valence-electron chi connectivity index (χ1n) is 5.10. The molecule has 1 aromatic rings. The van der Waals surface area contributed by atoms with Gasteiger partial charge in [0.15, 0.2) is 5.54 Å². The number of pyridine rings is 1. The fraction of sp³-hybridized carbons (Fsp3) is 0.364. The van der Waals surface area contributed by atoms with Gasteiger partial charge in [-0.05, 0) is 26.0 Å². The molecular formula is C11H15N3O3. The molecule has 0 aliphatic heterocycles. The molecular weight excluding hydrogens is 222 g/mol. The van der Waals surface area contributed by atoms with E-state index in [0.717, 1.165) is 0 Å². The minimum absolute atomic E-state index is 0.320. The van der Waals surface area contributed by atoms with Gasteiger partial charge < -0.3 is 10.8 Å². The van der Waals surface area contributed by atoms with Gasteiger partial charge in [-0.2, -0.15) is 0 Å². The summed E-state index contributed by atoms with van der Waals surface area (Å²) in [5.74, 6) is -1.74. The smallest absolute Gasteiger partial charge is 0.329 e. The van der Waals surface area contributed by atoms with E-state index in [-0.39, 0.29) is 0 Å². The van der Waals surface area contributed by atoms with Crippen molar-refractivity contribution in [2.45, 2.75) is 25.4 Å². The van der Waals surface area contributed by atoms with Crippen molar-refractivity contribution in [3.63, 3.8) is 0 Å². The molecule has 0 saturated carbocycles. The predicted molar refractivity (Wildman–Crippen MR) is 61.0 cm³/mol. The summed E-state index contributed by atoms with van der Waals surface area (Å²) in [5, 5.41) is 11.9. The highest BCUT2D eigenvalue weighted by atomic mass is 16.4. The van der Waals surface area contributed by atoms with E-state index in [9.17, 15) is 14.7 Å². The Balaban J connectivity index is 3.07. The van der Waals surface area contributed by atoms with Gasteiger partial charge in [-0.15, -0.1) is 0 Å². The van der Waals surface area contributed by atoms with E-state index in [1.165, 1.54) is 20.0 Å². The van der Waals surface area contributed by atoms with Crippen molar-refractivity contribution in [2.75, 3.05) is 0 Å². The maximum absolute atomic E-state index is 11.3. The third kappa shape index (κ3) is 2.79. The number of nitrogens with zero attached hydrogens (tertiary/aromatic N) is 1. The molecule has 2 atom stereocenters. The number of nitrogens with one attached hydrogen (secondary N) is 1. The fourth-order valence-electron chi connectivity index (χ4n) is 1.41.